The Hall–Kier alpha value is -1.91. The van der Waals surface area contributed by atoms with E-state index < -0.39 is 17.9 Å². The van der Waals surface area contributed by atoms with Crippen LogP contribution < -0.4 is 0 Å². The van der Waals surface area contributed by atoms with Gasteiger partial charge in [0.1, 0.15) is 0 Å². The normalized spacial score (nSPS) is 11.6. The van der Waals surface area contributed by atoms with Crippen LogP contribution in [-0.2, 0) is 25.5 Å². The van der Waals surface area contributed by atoms with Gasteiger partial charge < -0.3 is 9.47 Å². The molecule has 5 nitrogen and oxygen atoms in total. The molecule has 0 fully saturated rings. The monoisotopic (exact) mass is 237 g/mol. The minimum absolute atomic E-state index is 0.0193. The van der Waals surface area contributed by atoms with Gasteiger partial charge in [0.25, 0.3) is 0 Å². The first-order valence-corrected chi connectivity index (χ1v) is 5.21. The minimum Gasteiger partial charge on any atom is -0.469 e. The second-order valence-electron chi connectivity index (χ2n) is 3.56. The number of hydrogen-bond acceptors (Lipinski definition) is 5. The summed E-state index contributed by atoms with van der Waals surface area (Å²) in [5.74, 6) is -1.35. The average molecular weight is 237 g/mol. The summed E-state index contributed by atoms with van der Waals surface area (Å²) in [6.45, 7) is 0. The van der Waals surface area contributed by atoms with Crippen LogP contribution in [-0.4, -0.2) is 31.1 Å². The summed E-state index contributed by atoms with van der Waals surface area (Å²) < 4.78 is 9.22. The molecule has 0 saturated heterocycles. The van der Waals surface area contributed by atoms with Gasteiger partial charge in [-0.2, -0.15) is 0 Å². The zero-order valence-corrected chi connectivity index (χ0v) is 9.88. The predicted molar refractivity (Wildman–Crippen MR) is 60.1 cm³/mol. The highest BCUT2D eigenvalue weighted by atomic mass is 16.5. The van der Waals surface area contributed by atoms with E-state index in [2.05, 4.69) is 14.5 Å². The van der Waals surface area contributed by atoms with E-state index in [4.69, 9.17) is 0 Å². The fraction of sp³-hybridized carbons (Fsp3) is 0.417. The Bertz CT molecular complexity index is 377. The van der Waals surface area contributed by atoms with E-state index in [-0.39, 0.29) is 6.42 Å². The summed E-state index contributed by atoms with van der Waals surface area (Å²) in [6.07, 6.45) is 3.74. The molecule has 17 heavy (non-hydrogen) atoms. The molecule has 0 aliphatic carbocycles. The maximum atomic E-state index is 11.5. The molecule has 1 unspecified atom stereocenters. The number of methoxy groups -OCH3 is 2. The number of pyridine rings is 1. The quantitative estimate of drug-likeness (QED) is 0.714. The van der Waals surface area contributed by atoms with Crippen molar-refractivity contribution in [1.82, 2.24) is 4.98 Å². The van der Waals surface area contributed by atoms with Gasteiger partial charge in [-0.25, -0.2) is 0 Å². The molecule has 0 amide bonds. The third-order valence-electron chi connectivity index (χ3n) is 2.41. The summed E-state index contributed by atoms with van der Waals surface area (Å²) in [7, 11) is 2.60. The summed E-state index contributed by atoms with van der Waals surface area (Å²) >= 11 is 0. The number of hydrogen-bond donors (Lipinski definition) is 0. The van der Waals surface area contributed by atoms with Gasteiger partial charge in [-0.3, -0.25) is 14.6 Å². The predicted octanol–water partition coefficient (Wildman–Crippen LogP) is 0.976. The molecule has 0 saturated carbocycles. The fourth-order valence-electron chi connectivity index (χ4n) is 1.49. The van der Waals surface area contributed by atoms with E-state index in [1.165, 1.54) is 14.2 Å². The highest BCUT2D eigenvalue weighted by Crippen LogP contribution is 2.14. The second-order valence-corrected chi connectivity index (χ2v) is 3.56. The topological polar surface area (TPSA) is 65.5 Å². The second kappa shape index (κ2) is 6.62. The maximum Gasteiger partial charge on any atom is 0.309 e. The molecule has 1 atom stereocenters. The molecule has 1 rings (SSSR count). The molecule has 0 bridgehead atoms. The lowest BCUT2D eigenvalue weighted by molar-refractivity contribution is -0.151. The van der Waals surface area contributed by atoms with Crippen molar-refractivity contribution in [3.8, 4) is 0 Å². The van der Waals surface area contributed by atoms with Gasteiger partial charge in [0.05, 0.1) is 26.6 Å². The Labute approximate surface area is 99.8 Å². The maximum absolute atomic E-state index is 11.5. The summed E-state index contributed by atoms with van der Waals surface area (Å²) in [5, 5.41) is 0. The number of esters is 2. The van der Waals surface area contributed by atoms with Gasteiger partial charge in [0.2, 0.25) is 0 Å². The van der Waals surface area contributed by atoms with Gasteiger partial charge in [-0.1, -0.05) is 0 Å². The van der Waals surface area contributed by atoms with Crippen LogP contribution >= 0.6 is 0 Å². The van der Waals surface area contributed by atoms with Gasteiger partial charge in [-0.05, 0) is 24.1 Å². The van der Waals surface area contributed by atoms with E-state index in [0.29, 0.717) is 6.42 Å². The van der Waals surface area contributed by atoms with Crippen molar-refractivity contribution < 1.29 is 19.1 Å². The van der Waals surface area contributed by atoms with Crippen LogP contribution in [0, 0.1) is 5.92 Å². The van der Waals surface area contributed by atoms with Crippen LogP contribution in [0.5, 0.6) is 0 Å². The number of carbonyl (C=O) groups excluding carboxylic acids is 2. The van der Waals surface area contributed by atoms with Crippen LogP contribution in [0.1, 0.15) is 12.0 Å². The number of nitrogens with zero attached hydrogens (tertiary/aromatic N) is 1. The Morgan fingerprint density at radius 3 is 2.41 bits per heavy atom. The van der Waals surface area contributed by atoms with E-state index >= 15 is 0 Å². The highest BCUT2D eigenvalue weighted by molar-refractivity contribution is 5.80. The zero-order valence-electron chi connectivity index (χ0n) is 9.88. The van der Waals surface area contributed by atoms with Gasteiger partial charge in [-0.15, -0.1) is 0 Å². The first-order valence-electron chi connectivity index (χ1n) is 5.21. The minimum atomic E-state index is -0.519. The molecule has 5 heteroatoms. The third-order valence-corrected chi connectivity index (χ3v) is 2.41. The van der Waals surface area contributed by atoms with Crippen LogP contribution in [0.4, 0.5) is 0 Å². The Morgan fingerprint density at radius 2 is 1.88 bits per heavy atom. The van der Waals surface area contributed by atoms with Crippen molar-refractivity contribution >= 4 is 11.9 Å². The molecular formula is C12H15NO4. The molecule has 0 spiro atoms. The van der Waals surface area contributed by atoms with Crippen molar-refractivity contribution in [1.29, 1.82) is 0 Å². The van der Waals surface area contributed by atoms with Gasteiger partial charge in [0.15, 0.2) is 0 Å². The molecule has 92 valence electrons. The SMILES string of the molecule is COC(=O)CC(Cc1ccncc1)C(=O)OC. The standard InChI is InChI=1S/C12H15NO4/c1-16-11(14)8-10(12(15)17-2)7-9-3-5-13-6-4-9/h3-6,10H,7-8H2,1-2H3. The van der Waals surface area contributed by atoms with Crippen molar-refractivity contribution in [3.05, 3.63) is 30.1 Å². The van der Waals surface area contributed by atoms with E-state index in [9.17, 15) is 9.59 Å². The summed E-state index contributed by atoms with van der Waals surface area (Å²) in [5.41, 5.74) is 0.930. The first-order chi connectivity index (χ1) is 8.17. The lowest BCUT2D eigenvalue weighted by Gasteiger charge is -2.13. The Morgan fingerprint density at radius 1 is 1.24 bits per heavy atom. The molecule has 0 aliphatic rings. The van der Waals surface area contributed by atoms with Crippen LogP contribution in [0.2, 0.25) is 0 Å². The lowest BCUT2D eigenvalue weighted by Crippen LogP contribution is -2.22. The molecule has 1 aromatic heterocycles. The number of rotatable bonds is 5. The van der Waals surface area contributed by atoms with Gasteiger partial charge >= 0.3 is 11.9 Å². The van der Waals surface area contributed by atoms with Crippen LogP contribution in [0.25, 0.3) is 0 Å². The number of aromatic nitrogens is 1. The summed E-state index contributed by atoms with van der Waals surface area (Å²) in [6, 6.07) is 3.60. The third kappa shape index (κ3) is 4.22. The van der Waals surface area contributed by atoms with E-state index in [1.807, 2.05) is 0 Å². The molecule has 0 aliphatic heterocycles. The van der Waals surface area contributed by atoms with Gasteiger partial charge in [0, 0.05) is 12.4 Å². The van der Waals surface area contributed by atoms with E-state index in [0.717, 1.165) is 5.56 Å². The van der Waals surface area contributed by atoms with Crippen molar-refractivity contribution in [2.75, 3.05) is 14.2 Å². The van der Waals surface area contributed by atoms with Crippen molar-refractivity contribution in [3.63, 3.8) is 0 Å². The zero-order chi connectivity index (χ0) is 12.7. The lowest BCUT2D eigenvalue weighted by atomic mass is 9.97. The summed E-state index contributed by atoms with van der Waals surface area (Å²) in [4.78, 5) is 26.6. The van der Waals surface area contributed by atoms with Crippen LogP contribution in [0.3, 0.4) is 0 Å². The molecule has 0 aromatic carbocycles. The molecule has 0 radical (unpaired) electrons. The fourth-order valence-corrected chi connectivity index (χ4v) is 1.49. The molecule has 0 N–H and O–H groups in total. The molecule has 1 aromatic rings. The Balaban J connectivity index is 2.70. The number of ether oxygens (including phenoxy) is 2. The molecular weight excluding hydrogens is 222 g/mol. The first kappa shape index (κ1) is 13.2. The molecule has 1 heterocycles. The number of carbonyl (C=O) groups is 2. The largest absolute Gasteiger partial charge is 0.469 e. The average Bonchev–Trinajstić information content (AvgIpc) is 2.38. The van der Waals surface area contributed by atoms with E-state index in [1.54, 1.807) is 24.5 Å². The van der Waals surface area contributed by atoms with Crippen molar-refractivity contribution in [2.45, 2.75) is 12.8 Å². The smallest absolute Gasteiger partial charge is 0.309 e. The van der Waals surface area contributed by atoms with Crippen molar-refractivity contribution in [2.24, 2.45) is 5.92 Å². The van der Waals surface area contributed by atoms with Crippen LogP contribution in [0.15, 0.2) is 24.5 Å². The Kier molecular flexibility index (Phi) is 5.13. The highest BCUT2D eigenvalue weighted by Gasteiger charge is 2.23.